The number of aromatic amines is 1. The molecule has 29 heavy (non-hydrogen) atoms. The van der Waals surface area contributed by atoms with Crippen molar-refractivity contribution in [1.29, 1.82) is 0 Å². The van der Waals surface area contributed by atoms with Crippen LogP contribution in [0.5, 0.6) is 5.75 Å². The lowest BCUT2D eigenvalue weighted by Crippen LogP contribution is -2.23. The second-order valence-corrected chi connectivity index (χ2v) is 8.10. The number of hydrogen-bond donors (Lipinski definition) is 1. The molecule has 0 saturated heterocycles. The molecule has 1 aliphatic carbocycles. The lowest BCUT2D eigenvalue weighted by atomic mass is 10.2. The van der Waals surface area contributed by atoms with Gasteiger partial charge < -0.3 is 14.5 Å². The summed E-state index contributed by atoms with van der Waals surface area (Å²) in [5.41, 5.74) is 0.781. The molecule has 0 bridgehead atoms. The smallest absolute Gasteiger partial charge is 0.283 e. The minimum Gasteiger partial charge on any atom is -0.493 e. The fourth-order valence-electron chi connectivity index (χ4n) is 3.01. The minimum absolute atomic E-state index is 0.171. The quantitative estimate of drug-likeness (QED) is 0.305. The number of halogens is 1. The molecule has 1 aromatic carbocycles. The number of hydrogen-bond acceptors (Lipinski definition) is 5. The van der Waals surface area contributed by atoms with Crippen LogP contribution >= 0.6 is 11.8 Å². The van der Waals surface area contributed by atoms with Gasteiger partial charge in [-0.2, -0.15) is 0 Å². The Labute approximate surface area is 172 Å². The van der Waals surface area contributed by atoms with Gasteiger partial charge >= 0.3 is 0 Å². The van der Waals surface area contributed by atoms with E-state index in [0.717, 1.165) is 6.42 Å². The highest BCUT2D eigenvalue weighted by Crippen LogP contribution is 2.30. The van der Waals surface area contributed by atoms with Crippen LogP contribution in [0.3, 0.4) is 0 Å². The highest BCUT2D eigenvalue weighted by molar-refractivity contribution is 7.99. The summed E-state index contributed by atoms with van der Waals surface area (Å²) in [6.45, 7) is 3.87. The molecule has 8 heteroatoms. The monoisotopic (exact) mass is 417 g/mol. The third-order valence-electron chi connectivity index (χ3n) is 4.76. The molecule has 3 aromatic rings. The predicted molar refractivity (Wildman–Crippen MR) is 112 cm³/mol. The van der Waals surface area contributed by atoms with E-state index in [9.17, 15) is 9.18 Å². The average Bonchev–Trinajstić information content (AvgIpc) is 3.42. The lowest BCUT2D eigenvalue weighted by molar-refractivity contribution is 0.149. The van der Waals surface area contributed by atoms with Crippen LogP contribution in [0.25, 0.3) is 16.7 Å². The Bertz CT molecular complexity index is 1050. The molecule has 154 valence electrons. The van der Waals surface area contributed by atoms with Crippen LogP contribution in [0.2, 0.25) is 0 Å². The van der Waals surface area contributed by atoms with Crippen molar-refractivity contribution < 1.29 is 13.9 Å². The molecule has 0 radical (unpaired) electrons. The van der Waals surface area contributed by atoms with Crippen molar-refractivity contribution in [2.45, 2.75) is 31.3 Å². The number of rotatable bonds is 10. The van der Waals surface area contributed by atoms with E-state index in [4.69, 9.17) is 9.47 Å². The number of nitrogens with zero attached hydrogens (tertiary/aromatic N) is 2. The van der Waals surface area contributed by atoms with Crippen molar-refractivity contribution in [2.24, 2.45) is 5.92 Å². The second-order valence-electron chi connectivity index (χ2n) is 7.04. The van der Waals surface area contributed by atoms with E-state index in [0.29, 0.717) is 53.4 Å². The molecule has 4 rings (SSSR count). The van der Waals surface area contributed by atoms with Crippen LogP contribution in [0.4, 0.5) is 4.39 Å². The first-order valence-corrected chi connectivity index (χ1v) is 10.9. The standard InChI is InChI=1S/C21H24FN3O3S/c1-2-27-10-3-11-29-21-24-17-8-9-23-19(17)20(26)25(21)18-7-6-15(12-16(18)22)28-13-14-4-5-14/h6-9,12,14,23H,2-5,10-11,13H2,1H3. The van der Waals surface area contributed by atoms with E-state index in [-0.39, 0.29) is 11.2 Å². The van der Waals surface area contributed by atoms with Crippen molar-refractivity contribution in [3.8, 4) is 11.4 Å². The van der Waals surface area contributed by atoms with Crippen LogP contribution in [0, 0.1) is 11.7 Å². The van der Waals surface area contributed by atoms with Crippen LogP contribution < -0.4 is 10.3 Å². The van der Waals surface area contributed by atoms with Gasteiger partial charge in [0.1, 0.15) is 11.3 Å². The number of nitrogens with one attached hydrogen (secondary N) is 1. The predicted octanol–water partition coefficient (Wildman–Crippen LogP) is 4.16. The molecule has 0 amide bonds. The minimum atomic E-state index is -0.510. The van der Waals surface area contributed by atoms with Gasteiger partial charge in [0.25, 0.3) is 5.56 Å². The average molecular weight is 418 g/mol. The molecule has 2 aromatic heterocycles. The van der Waals surface area contributed by atoms with Crippen molar-refractivity contribution in [2.75, 3.05) is 25.6 Å². The summed E-state index contributed by atoms with van der Waals surface area (Å²) in [4.78, 5) is 20.5. The molecule has 1 N–H and O–H groups in total. The topological polar surface area (TPSA) is 69.1 Å². The van der Waals surface area contributed by atoms with Crippen molar-refractivity contribution >= 4 is 22.8 Å². The zero-order valence-corrected chi connectivity index (χ0v) is 17.1. The highest BCUT2D eigenvalue weighted by Gasteiger charge is 2.22. The van der Waals surface area contributed by atoms with Crippen molar-refractivity contribution in [3.05, 3.63) is 46.6 Å². The molecule has 2 heterocycles. The zero-order valence-electron chi connectivity index (χ0n) is 16.3. The first-order chi connectivity index (χ1) is 14.2. The number of H-pyrrole nitrogens is 1. The molecule has 1 aliphatic rings. The summed E-state index contributed by atoms with van der Waals surface area (Å²) < 4.78 is 27.3. The van der Waals surface area contributed by atoms with Gasteiger partial charge in [-0.1, -0.05) is 11.8 Å². The molecular weight excluding hydrogens is 393 g/mol. The zero-order chi connectivity index (χ0) is 20.2. The largest absolute Gasteiger partial charge is 0.493 e. The first-order valence-electron chi connectivity index (χ1n) is 9.90. The molecule has 0 aliphatic heterocycles. The van der Waals surface area contributed by atoms with E-state index < -0.39 is 5.82 Å². The first kappa shape index (κ1) is 20.0. The lowest BCUT2D eigenvalue weighted by Gasteiger charge is -2.14. The Morgan fingerprint density at radius 1 is 1.34 bits per heavy atom. The molecule has 1 saturated carbocycles. The molecule has 0 spiro atoms. The van der Waals surface area contributed by atoms with E-state index in [1.807, 2.05) is 6.92 Å². The number of benzene rings is 1. The van der Waals surface area contributed by atoms with E-state index in [1.165, 1.54) is 35.2 Å². The van der Waals surface area contributed by atoms with Gasteiger partial charge in [0, 0.05) is 31.2 Å². The fraction of sp³-hybridized carbons (Fsp3) is 0.429. The van der Waals surface area contributed by atoms with E-state index in [1.54, 1.807) is 24.4 Å². The number of aromatic nitrogens is 3. The van der Waals surface area contributed by atoms with Crippen molar-refractivity contribution in [1.82, 2.24) is 14.5 Å². The Balaban J connectivity index is 1.64. The van der Waals surface area contributed by atoms with Crippen molar-refractivity contribution in [3.63, 3.8) is 0 Å². The van der Waals surface area contributed by atoms with E-state index >= 15 is 0 Å². The summed E-state index contributed by atoms with van der Waals surface area (Å²) in [5, 5.41) is 0.462. The normalized spacial score (nSPS) is 13.9. The number of thioether (sulfide) groups is 1. The van der Waals surface area contributed by atoms with Crippen LogP contribution in [-0.4, -0.2) is 40.1 Å². The Kier molecular flexibility index (Phi) is 6.20. The molecular formula is C21H24FN3O3S. The van der Waals surface area contributed by atoms with Gasteiger partial charge in [0.15, 0.2) is 11.0 Å². The molecule has 6 nitrogen and oxygen atoms in total. The Morgan fingerprint density at radius 3 is 2.97 bits per heavy atom. The van der Waals surface area contributed by atoms with Gasteiger partial charge in [-0.15, -0.1) is 0 Å². The molecule has 0 unspecified atom stereocenters. The van der Waals surface area contributed by atoms with Gasteiger partial charge in [0.05, 0.1) is 17.8 Å². The summed E-state index contributed by atoms with van der Waals surface area (Å²) in [6, 6.07) is 6.37. The second kappa shape index (κ2) is 9.00. The summed E-state index contributed by atoms with van der Waals surface area (Å²) in [6.07, 6.45) is 4.82. The third-order valence-corrected chi connectivity index (χ3v) is 5.79. The highest BCUT2D eigenvalue weighted by atomic mass is 32.2. The SMILES string of the molecule is CCOCCCSc1nc2cc[nH]c2c(=O)n1-c1ccc(OCC2CC2)cc1F. The van der Waals surface area contributed by atoms with Gasteiger partial charge in [-0.05, 0) is 50.3 Å². The third kappa shape index (κ3) is 4.64. The van der Waals surface area contributed by atoms with Gasteiger partial charge in [-0.25, -0.2) is 9.37 Å². The van der Waals surface area contributed by atoms with Crippen LogP contribution in [0.15, 0.2) is 40.4 Å². The summed E-state index contributed by atoms with van der Waals surface area (Å²) in [5.74, 6) is 1.27. The fourth-order valence-corrected chi connectivity index (χ4v) is 3.93. The Hall–Kier alpha value is -2.32. The Morgan fingerprint density at radius 2 is 2.21 bits per heavy atom. The van der Waals surface area contributed by atoms with Gasteiger partial charge in [-0.3, -0.25) is 9.36 Å². The maximum absolute atomic E-state index is 14.9. The maximum atomic E-state index is 14.9. The van der Waals surface area contributed by atoms with E-state index in [2.05, 4.69) is 9.97 Å². The summed E-state index contributed by atoms with van der Waals surface area (Å²) in [7, 11) is 0. The van der Waals surface area contributed by atoms with Gasteiger partial charge in [0.2, 0.25) is 0 Å². The number of fused-ring (bicyclic) bond motifs is 1. The summed E-state index contributed by atoms with van der Waals surface area (Å²) >= 11 is 1.42. The number of ether oxygens (including phenoxy) is 2. The maximum Gasteiger partial charge on any atom is 0.283 e. The molecule has 0 atom stereocenters. The van der Waals surface area contributed by atoms with Crippen LogP contribution in [-0.2, 0) is 4.74 Å². The molecule has 1 fully saturated rings. The van der Waals surface area contributed by atoms with Crippen LogP contribution in [0.1, 0.15) is 26.2 Å².